The maximum atomic E-state index is 13.7. The van der Waals surface area contributed by atoms with Crippen LogP contribution >= 0.6 is 0 Å². The number of aliphatic imine (C=N–C) groups is 1. The van der Waals surface area contributed by atoms with Crippen molar-refractivity contribution in [2.45, 2.75) is 89.0 Å². The third-order valence-electron chi connectivity index (χ3n) is 7.05. The van der Waals surface area contributed by atoms with Gasteiger partial charge in [-0.1, -0.05) is 44.2 Å². The number of carboxylic acid groups (broad SMARTS) is 1. The van der Waals surface area contributed by atoms with E-state index in [1.165, 1.54) is 0 Å². The van der Waals surface area contributed by atoms with E-state index in [1.54, 1.807) is 30.3 Å². The predicted molar refractivity (Wildman–Crippen MR) is 170 cm³/mol. The zero-order valence-electron chi connectivity index (χ0n) is 26.3. The van der Waals surface area contributed by atoms with Gasteiger partial charge in [0.05, 0.1) is 13.0 Å². The zero-order chi connectivity index (χ0) is 34.1. The number of guanidine groups is 1. The van der Waals surface area contributed by atoms with Crippen LogP contribution in [0.1, 0.15) is 57.9 Å². The summed E-state index contributed by atoms with van der Waals surface area (Å²) in [7, 11) is 0. The van der Waals surface area contributed by atoms with Crippen molar-refractivity contribution < 1.29 is 33.9 Å². The number of carboxylic acids is 1. The highest BCUT2D eigenvalue weighted by molar-refractivity contribution is 5.98. The van der Waals surface area contributed by atoms with E-state index in [1.807, 2.05) is 13.8 Å². The molecule has 0 bridgehead atoms. The number of carbonyl (C=O) groups is 6. The smallest absolute Gasteiger partial charge is 0.305 e. The van der Waals surface area contributed by atoms with Crippen molar-refractivity contribution in [2.24, 2.45) is 16.5 Å². The van der Waals surface area contributed by atoms with Gasteiger partial charge in [-0.25, -0.2) is 0 Å². The molecular weight excluding hydrogens is 598 g/mol. The summed E-state index contributed by atoms with van der Waals surface area (Å²) >= 11 is 0. The number of hydrogen-bond acceptors (Lipinski definition) is 8. The Balaban J connectivity index is 2.43. The molecule has 1 aromatic carbocycles. The first-order valence-corrected chi connectivity index (χ1v) is 15.4. The van der Waals surface area contributed by atoms with Gasteiger partial charge in [0, 0.05) is 19.0 Å². The molecule has 254 valence electrons. The van der Waals surface area contributed by atoms with E-state index in [0.29, 0.717) is 31.4 Å². The fourth-order valence-corrected chi connectivity index (χ4v) is 4.70. The summed E-state index contributed by atoms with van der Waals surface area (Å²) in [5.74, 6) is -5.27. The first-order valence-electron chi connectivity index (χ1n) is 15.4. The second-order valence-corrected chi connectivity index (χ2v) is 11.4. The molecule has 11 N–H and O–H groups in total. The molecule has 0 aliphatic carbocycles. The van der Waals surface area contributed by atoms with Crippen molar-refractivity contribution in [1.82, 2.24) is 31.9 Å². The summed E-state index contributed by atoms with van der Waals surface area (Å²) in [5, 5.41) is 25.4. The van der Waals surface area contributed by atoms with Crippen LogP contribution in [0, 0.1) is 0 Å². The van der Waals surface area contributed by atoms with Gasteiger partial charge in [-0.3, -0.25) is 33.8 Å². The monoisotopic (exact) mass is 645 g/mol. The van der Waals surface area contributed by atoms with E-state index in [-0.39, 0.29) is 37.8 Å². The molecule has 0 spiro atoms. The third kappa shape index (κ3) is 14.4. The van der Waals surface area contributed by atoms with E-state index in [0.717, 1.165) is 0 Å². The molecule has 4 unspecified atom stereocenters. The number of nitrogens with zero attached hydrogens (tertiary/aromatic N) is 1. The number of nitrogens with one attached hydrogen (secondary N) is 6. The SMILES string of the molecule is CC(C)NCCCCC1NC(=O)C(Cc2ccccc2)NC(=O)C(CC(=O)O)NC(=O)CNC(=O)C(CCCN=C(N)N)NC1=O. The number of aliphatic carboxylic acids is 1. The Bertz CT molecular complexity index is 1220. The molecule has 0 aromatic heterocycles. The number of carbonyl (C=O) groups excluding carboxylic acids is 5. The van der Waals surface area contributed by atoms with Crippen molar-refractivity contribution in [1.29, 1.82) is 0 Å². The fraction of sp³-hybridized carbons (Fsp3) is 0.567. The highest BCUT2D eigenvalue weighted by Gasteiger charge is 2.33. The number of benzene rings is 1. The van der Waals surface area contributed by atoms with Crippen molar-refractivity contribution in [3.8, 4) is 0 Å². The Hall–Kier alpha value is -4.73. The minimum absolute atomic E-state index is 0.0201. The largest absolute Gasteiger partial charge is 0.481 e. The lowest BCUT2D eigenvalue weighted by Crippen LogP contribution is -2.58. The van der Waals surface area contributed by atoms with Crippen LogP contribution < -0.4 is 43.4 Å². The molecule has 1 heterocycles. The molecule has 0 saturated carbocycles. The Morgan fingerprint density at radius 3 is 2.07 bits per heavy atom. The van der Waals surface area contributed by atoms with Crippen molar-refractivity contribution in [3.63, 3.8) is 0 Å². The van der Waals surface area contributed by atoms with Crippen LogP contribution in [0.5, 0.6) is 0 Å². The van der Waals surface area contributed by atoms with E-state index >= 15 is 0 Å². The molecule has 1 aromatic rings. The average molecular weight is 646 g/mol. The Kier molecular flexibility index (Phi) is 16.0. The second-order valence-electron chi connectivity index (χ2n) is 11.4. The normalized spacial score (nSPS) is 21.5. The van der Waals surface area contributed by atoms with Gasteiger partial charge in [-0.05, 0) is 44.2 Å². The van der Waals surface area contributed by atoms with Gasteiger partial charge in [0.1, 0.15) is 24.2 Å². The number of hydrogen-bond donors (Lipinski definition) is 9. The molecule has 4 atom stereocenters. The van der Waals surface area contributed by atoms with Gasteiger partial charge in [-0.15, -0.1) is 0 Å². The Labute approximate surface area is 268 Å². The number of nitrogens with two attached hydrogens (primary N) is 2. The Morgan fingerprint density at radius 1 is 0.848 bits per heavy atom. The minimum atomic E-state index is -1.54. The maximum Gasteiger partial charge on any atom is 0.305 e. The zero-order valence-corrected chi connectivity index (χ0v) is 26.3. The van der Waals surface area contributed by atoms with Crippen molar-refractivity contribution in [3.05, 3.63) is 35.9 Å². The predicted octanol–water partition coefficient (Wildman–Crippen LogP) is -2.01. The molecule has 1 aliphatic rings. The summed E-state index contributed by atoms with van der Waals surface area (Å²) in [6.45, 7) is 4.29. The molecule has 1 fully saturated rings. The van der Waals surface area contributed by atoms with Gasteiger partial charge in [0.2, 0.25) is 29.5 Å². The number of unbranched alkanes of at least 4 members (excludes halogenated alkanes) is 1. The van der Waals surface area contributed by atoms with Crippen LogP contribution in [0.25, 0.3) is 0 Å². The van der Waals surface area contributed by atoms with E-state index in [2.05, 4.69) is 36.9 Å². The van der Waals surface area contributed by atoms with Gasteiger partial charge < -0.3 is 48.5 Å². The van der Waals surface area contributed by atoms with Crippen molar-refractivity contribution in [2.75, 3.05) is 19.6 Å². The van der Waals surface area contributed by atoms with E-state index in [4.69, 9.17) is 11.5 Å². The van der Waals surface area contributed by atoms with Gasteiger partial charge in [-0.2, -0.15) is 0 Å². The molecule has 5 amide bonds. The molecular formula is C30H47N9O7. The van der Waals surface area contributed by atoms with Crippen LogP contribution in [0.2, 0.25) is 0 Å². The number of rotatable bonds is 14. The van der Waals surface area contributed by atoms with E-state index in [9.17, 15) is 33.9 Å². The molecule has 16 nitrogen and oxygen atoms in total. The average Bonchev–Trinajstić information content (AvgIpc) is 2.99. The first kappa shape index (κ1) is 37.5. The summed E-state index contributed by atoms with van der Waals surface area (Å²) in [6, 6.07) is 4.12. The lowest BCUT2D eigenvalue weighted by atomic mass is 10.0. The lowest BCUT2D eigenvalue weighted by molar-refractivity contribution is -0.141. The standard InChI is InChI=1S/C30H47N9O7/c1-18(2)33-13-7-6-11-21-27(44)37-20(12-8-14-34-30(31)32)26(43)35-17-24(40)36-23(16-25(41)42)29(46)39-22(28(45)38-21)15-19-9-4-3-5-10-19/h3-5,9-10,18,20-23,33H,6-8,11-17H2,1-2H3,(H,35,43)(H,36,40)(H,37,44)(H,38,45)(H,39,46)(H,41,42)(H4,31,32,34). The molecule has 1 saturated heterocycles. The highest BCUT2D eigenvalue weighted by Crippen LogP contribution is 2.09. The molecule has 2 rings (SSSR count). The third-order valence-corrected chi connectivity index (χ3v) is 7.05. The summed E-state index contributed by atoms with van der Waals surface area (Å²) < 4.78 is 0. The quantitative estimate of drug-likeness (QED) is 0.0610. The second kappa shape index (κ2) is 19.6. The van der Waals surface area contributed by atoms with E-state index < -0.39 is 72.6 Å². The van der Waals surface area contributed by atoms with Gasteiger partial charge >= 0.3 is 5.97 Å². The molecule has 46 heavy (non-hydrogen) atoms. The topological polar surface area (TPSA) is 259 Å². The molecule has 0 radical (unpaired) electrons. The Morgan fingerprint density at radius 2 is 1.43 bits per heavy atom. The summed E-state index contributed by atoms with van der Waals surface area (Å²) in [5.41, 5.74) is 11.5. The van der Waals surface area contributed by atoms with Crippen LogP contribution in [0.15, 0.2) is 35.3 Å². The molecule has 16 heteroatoms. The van der Waals surface area contributed by atoms with Crippen LogP contribution in [-0.2, 0) is 35.2 Å². The maximum absolute atomic E-state index is 13.7. The highest BCUT2D eigenvalue weighted by atomic mass is 16.4. The lowest BCUT2D eigenvalue weighted by Gasteiger charge is -2.26. The van der Waals surface area contributed by atoms with Gasteiger partial charge in [0.15, 0.2) is 5.96 Å². The molecule has 1 aliphatic heterocycles. The fourth-order valence-electron chi connectivity index (χ4n) is 4.70. The summed E-state index contributed by atoms with van der Waals surface area (Å²) in [4.78, 5) is 81.8. The van der Waals surface area contributed by atoms with Crippen LogP contribution in [0.4, 0.5) is 0 Å². The number of amides is 5. The van der Waals surface area contributed by atoms with Crippen molar-refractivity contribution >= 4 is 41.5 Å². The van der Waals surface area contributed by atoms with Crippen LogP contribution in [-0.4, -0.2) is 96.4 Å². The minimum Gasteiger partial charge on any atom is -0.481 e. The van der Waals surface area contributed by atoms with Crippen LogP contribution in [0.3, 0.4) is 0 Å². The van der Waals surface area contributed by atoms with Gasteiger partial charge in [0.25, 0.3) is 0 Å². The summed E-state index contributed by atoms with van der Waals surface area (Å²) in [6.07, 6.45) is 1.14. The first-order chi connectivity index (χ1) is 21.8.